The van der Waals surface area contributed by atoms with Gasteiger partial charge in [-0.2, -0.15) is 5.26 Å². The van der Waals surface area contributed by atoms with Crippen LogP contribution in [0.25, 0.3) is 0 Å². The van der Waals surface area contributed by atoms with E-state index in [9.17, 15) is 0 Å². The molecule has 2 heteroatoms. The summed E-state index contributed by atoms with van der Waals surface area (Å²) in [7, 11) is 0. The van der Waals surface area contributed by atoms with Crippen molar-refractivity contribution in [2.45, 2.75) is 38.6 Å². The third-order valence-electron chi connectivity index (χ3n) is 4.84. The Kier molecular flexibility index (Phi) is 3.84. The molecule has 2 aliphatic rings. The van der Waals surface area contributed by atoms with Gasteiger partial charge in [-0.25, -0.2) is 0 Å². The Balaban J connectivity index is 1.62. The average molecular weight is 254 g/mol. The molecule has 19 heavy (non-hydrogen) atoms. The van der Waals surface area contributed by atoms with Crippen molar-refractivity contribution in [2.75, 3.05) is 13.1 Å². The Morgan fingerprint density at radius 1 is 1.16 bits per heavy atom. The lowest BCUT2D eigenvalue weighted by Crippen LogP contribution is -2.41. The average Bonchev–Trinajstić information content (AvgIpc) is 2.47. The topological polar surface area (TPSA) is 27.0 Å². The van der Waals surface area contributed by atoms with E-state index in [0.717, 1.165) is 23.9 Å². The maximum atomic E-state index is 8.96. The van der Waals surface area contributed by atoms with Gasteiger partial charge in [0.15, 0.2) is 0 Å². The van der Waals surface area contributed by atoms with Crippen LogP contribution in [0.15, 0.2) is 24.3 Å². The molecular weight excluding hydrogens is 232 g/mol. The number of piperidine rings is 1. The quantitative estimate of drug-likeness (QED) is 0.806. The van der Waals surface area contributed by atoms with E-state index in [-0.39, 0.29) is 0 Å². The molecule has 3 rings (SSSR count). The molecule has 1 heterocycles. The summed E-state index contributed by atoms with van der Waals surface area (Å²) < 4.78 is 0. The van der Waals surface area contributed by atoms with Gasteiger partial charge < -0.3 is 0 Å². The van der Waals surface area contributed by atoms with Gasteiger partial charge in [0.25, 0.3) is 0 Å². The number of benzene rings is 1. The third-order valence-corrected chi connectivity index (χ3v) is 4.84. The van der Waals surface area contributed by atoms with Gasteiger partial charge in [0.1, 0.15) is 0 Å². The van der Waals surface area contributed by atoms with Crippen molar-refractivity contribution < 1.29 is 0 Å². The normalized spacial score (nSPS) is 27.5. The second-order valence-corrected chi connectivity index (χ2v) is 6.14. The minimum Gasteiger partial charge on any atom is -0.299 e. The molecule has 0 amide bonds. The van der Waals surface area contributed by atoms with Crippen molar-refractivity contribution in [3.8, 4) is 6.07 Å². The largest absolute Gasteiger partial charge is 0.299 e. The lowest BCUT2D eigenvalue weighted by Gasteiger charge is -2.41. The SMILES string of the molecule is N#Cc1cccc(CN2CCC3CCCCC3C2)c1. The van der Waals surface area contributed by atoms with Crippen LogP contribution < -0.4 is 0 Å². The van der Waals surface area contributed by atoms with Crippen molar-refractivity contribution in [3.63, 3.8) is 0 Å². The van der Waals surface area contributed by atoms with Crippen LogP contribution in [0.2, 0.25) is 0 Å². The highest BCUT2D eigenvalue weighted by atomic mass is 15.1. The van der Waals surface area contributed by atoms with E-state index in [0.29, 0.717) is 0 Å². The maximum Gasteiger partial charge on any atom is 0.0991 e. The lowest BCUT2D eigenvalue weighted by atomic mass is 9.75. The standard InChI is InChI=1S/C17H22N2/c18-11-14-4-3-5-15(10-14)12-19-9-8-16-6-1-2-7-17(16)13-19/h3-5,10,16-17H,1-2,6-9,12-13H2. The van der Waals surface area contributed by atoms with Crippen molar-refractivity contribution >= 4 is 0 Å². The number of rotatable bonds is 2. The minimum atomic E-state index is 0.782. The Hall–Kier alpha value is -1.33. The molecule has 2 atom stereocenters. The van der Waals surface area contributed by atoms with E-state index in [2.05, 4.69) is 17.0 Å². The van der Waals surface area contributed by atoms with Crippen LogP contribution in [0, 0.1) is 23.2 Å². The van der Waals surface area contributed by atoms with Crippen molar-refractivity contribution in [1.29, 1.82) is 5.26 Å². The van der Waals surface area contributed by atoms with E-state index in [1.807, 2.05) is 18.2 Å². The summed E-state index contributed by atoms with van der Waals surface area (Å²) in [5.41, 5.74) is 2.07. The van der Waals surface area contributed by atoms with E-state index in [1.54, 1.807) is 0 Å². The fourth-order valence-electron chi connectivity index (χ4n) is 3.82. The molecule has 2 nitrogen and oxygen atoms in total. The van der Waals surface area contributed by atoms with Crippen LogP contribution in [-0.4, -0.2) is 18.0 Å². The molecule has 0 N–H and O–H groups in total. The monoisotopic (exact) mass is 254 g/mol. The first-order valence-corrected chi connectivity index (χ1v) is 7.56. The number of hydrogen-bond donors (Lipinski definition) is 0. The Bertz CT molecular complexity index is 474. The number of nitriles is 1. The predicted molar refractivity (Wildman–Crippen MR) is 76.5 cm³/mol. The molecule has 1 aromatic rings. The molecule has 1 saturated heterocycles. The van der Waals surface area contributed by atoms with Gasteiger partial charge in [-0.3, -0.25) is 4.90 Å². The molecule has 2 fully saturated rings. The molecule has 0 spiro atoms. The van der Waals surface area contributed by atoms with Gasteiger partial charge >= 0.3 is 0 Å². The van der Waals surface area contributed by atoms with Crippen molar-refractivity contribution in [2.24, 2.45) is 11.8 Å². The van der Waals surface area contributed by atoms with Crippen LogP contribution in [0.4, 0.5) is 0 Å². The summed E-state index contributed by atoms with van der Waals surface area (Å²) in [6.07, 6.45) is 7.15. The van der Waals surface area contributed by atoms with Gasteiger partial charge in [-0.05, 0) is 48.9 Å². The summed E-state index contributed by atoms with van der Waals surface area (Å²) >= 11 is 0. The highest BCUT2D eigenvalue weighted by Crippen LogP contribution is 2.36. The zero-order valence-electron chi connectivity index (χ0n) is 11.5. The molecular formula is C17H22N2. The Morgan fingerprint density at radius 2 is 2.00 bits per heavy atom. The number of fused-ring (bicyclic) bond motifs is 1. The summed E-state index contributed by atoms with van der Waals surface area (Å²) in [6.45, 7) is 3.51. The molecule has 0 radical (unpaired) electrons. The number of hydrogen-bond acceptors (Lipinski definition) is 2. The molecule has 100 valence electrons. The Morgan fingerprint density at radius 3 is 2.84 bits per heavy atom. The van der Waals surface area contributed by atoms with Crippen LogP contribution in [0.1, 0.15) is 43.2 Å². The van der Waals surface area contributed by atoms with Crippen LogP contribution in [-0.2, 0) is 6.54 Å². The van der Waals surface area contributed by atoms with Crippen molar-refractivity contribution in [1.82, 2.24) is 4.90 Å². The predicted octanol–water partition coefficient (Wildman–Crippen LogP) is 3.57. The molecule has 0 bridgehead atoms. The molecule has 1 aromatic carbocycles. The first-order valence-electron chi connectivity index (χ1n) is 7.56. The first kappa shape index (κ1) is 12.7. The van der Waals surface area contributed by atoms with Gasteiger partial charge in [0.05, 0.1) is 11.6 Å². The summed E-state index contributed by atoms with van der Waals surface area (Å²) in [6, 6.07) is 10.3. The molecule has 1 aliphatic carbocycles. The summed E-state index contributed by atoms with van der Waals surface area (Å²) in [5.74, 6) is 1.93. The highest BCUT2D eigenvalue weighted by molar-refractivity contribution is 5.32. The zero-order valence-corrected chi connectivity index (χ0v) is 11.5. The molecule has 1 saturated carbocycles. The first-order chi connectivity index (χ1) is 9.35. The van der Waals surface area contributed by atoms with E-state index in [4.69, 9.17) is 5.26 Å². The fourth-order valence-corrected chi connectivity index (χ4v) is 3.82. The van der Waals surface area contributed by atoms with Crippen LogP contribution in [0.3, 0.4) is 0 Å². The van der Waals surface area contributed by atoms with Crippen LogP contribution >= 0.6 is 0 Å². The van der Waals surface area contributed by atoms with E-state index in [1.165, 1.54) is 50.8 Å². The number of nitrogens with zero attached hydrogens (tertiary/aromatic N) is 2. The second kappa shape index (κ2) is 5.75. The summed E-state index contributed by atoms with van der Waals surface area (Å²) in [4.78, 5) is 2.59. The lowest BCUT2D eigenvalue weighted by molar-refractivity contribution is 0.0820. The van der Waals surface area contributed by atoms with E-state index < -0.39 is 0 Å². The summed E-state index contributed by atoms with van der Waals surface area (Å²) in [5, 5.41) is 8.96. The maximum absolute atomic E-state index is 8.96. The fraction of sp³-hybridized carbons (Fsp3) is 0.588. The van der Waals surface area contributed by atoms with Gasteiger partial charge in [-0.1, -0.05) is 31.4 Å². The van der Waals surface area contributed by atoms with Crippen molar-refractivity contribution in [3.05, 3.63) is 35.4 Å². The zero-order chi connectivity index (χ0) is 13.1. The van der Waals surface area contributed by atoms with Gasteiger partial charge in [0.2, 0.25) is 0 Å². The third kappa shape index (κ3) is 2.98. The minimum absolute atomic E-state index is 0.782. The van der Waals surface area contributed by atoms with Gasteiger partial charge in [-0.15, -0.1) is 0 Å². The van der Waals surface area contributed by atoms with Crippen LogP contribution in [0.5, 0.6) is 0 Å². The molecule has 1 aliphatic heterocycles. The van der Waals surface area contributed by atoms with E-state index >= 15 is 0 Å². The molecule has 2 unspecified atom stereocenters. The number of likely N-dealkylation sites (tertiary alicyclic amines) is 1. The highest BCUT2D eigenvalue weighted by Gasteiger charge is 2.30. The molecule has 0 aromatic heterocycles. The second-order valence-electron chi connectivity index (χ2n) is 6.14. The smallest absolute Gasteiger partial charge is 0.0991 e. The van der Waals surface area contributed by atoms with Gasteiger partial charge in [0, 0.05) is 13.1 Å². The Labute approximate surface area is 116 Å².